The van der Waals surface area contributed by atoms with Gasteiger partial charge in [-0.25, -0.2) is 4.79 Å². The number of primary amides is 3. The van der Waals surface area contributed by atoms with Crippen LogP contribution in [0.3, 0.4) is 0 Å². The van der Waals surface area contributed by atoms with E-state index in [9.17, 15) is 38.7 Å². The largest absolute Gasteiger partial charge is 0.480 e. The maximum atomic E-state index is 12.8. The molecular formula is C19H33N7O8. The zero-order chi connectivity index (χ0) is 26.6. The Bertz CT molecular complexity index is 802. The van der Waals surface area contributed by atoms with Crippen molar-refractivity contribution in [2.45, 2.75) is 70.1 Å². The Hall–Kier alpha value is -3.75. The van der Waals surface area contributed by atoms with Crippen molar-refractivity contribution in [3.8, 4) is 0 Å². The molecule has 0 fully saturated rings. The van der Waals surface area contributed by atoms with Gasteiger partial charge in [-0.05, 0) is 18.8 Å². The zero-order valence-electron chi connectivity index (χ0n) is 19.0. The van der Waals surface area contributed by atoms with Crippen LogP contribution in [-0.2, 0) is 33.6 Å². The Morgan fingerprint density at radius 3 is 1.65 bits per heavy atom. The van der Waals surface area contributed by atoms with Gasteiger partial charge in [0.15, 0.2) is 0 Å². The lowest BCUT2D eigenvalue weighted by atomic mass is 10.0. The topological polar surface area (TPSA) is 280 Å². The van der Waals surface area contributed by atoms with Crippen LogP contribution in [0.25, 0.3) is 0 Å². The predicted octanol–water partition coefficient (Wildman–Crippen LogP) is -4.08. The van der Waals surface area contributed by atoms with E-state index in [2.05, 4.69) is 16.0 Å². The first kappa shape index (κ1) is 30.2. The van der Waals surface area contributed by atoms with Crippen molar-refractivity contribution < 1.29 is 38.7 Å². The number of rotatable bonds is 16. The molecular weight excluding hydrogens is 454 g/mol. The van der Waals surface area contributed by atoms with Crippen molar-refractivity contribution in [1.29, 1.82) is 0 Å². The second-order valence-electron chi connectivity index (χ2n) is 7.98. The smallest absolute Gasteiger partial charge is 0.326 e. The highest BCUT2D eigenvalue weighted by molar-refractivity contribution is 5.95. The van der Waals surface area contributed by atoms with Gasteiger partial charge in [0.25, 0.3) is 0 Å². The molecule has 4 unspecified atom stereocenters. The van der Waals surface area contributed by atoms with Gasteiger partial charge in [-0.3, -0.25) is 28.8 Å². The molecule has 34 heavy (non-hydrogen) atoms. The second kappa shape index (κ2) is 14.4. The maximum absolute atomic E-state index is 12.8. The summed E-state index contributed by atoms with van der Waals surface area (Å²) in [5.41, 5.74) is 20.8. The molecule has 15 nitrogen and oxygen atoms in total. The number of carbonyl (C=O) groups excluding carboxylic acids is 6. The van der Waals surface area contributed by atoms with E-state index in [0.717, 1.165) is 0 Å². The van der Waals surface area contributed by atoms with Gasteiger partial charge in [0, 0.05) is 12.8 Å². The first-order valence-corrected chi connectivity index (χ1v) is 10.4. The van der Waals surface area contributed by atoms with Crippen LogP contribution in [0.1, 0.15) is 46.0 Å². The van der Waals surface area contributed by atoms with Crippen molar-refractivity contribution in [2.75, 3.05) is 0 Å². The van der Waals surface area contributed by atoms with E-state index >= 15 is 0 Å². The van der Waals surface area contributed by atoms with Crippen molar-refractivity contribution in [2.24, 2.45) is 28.9 Å². The van der Waals surface area contributed by atoms with E-state index in [0.29, 0.717) is 0 Å². The minimum absolute atomic E-state index is 0.0845. The summed E-state index contributed by atoms with van der Waals surface area (Å²) in [5.74, 6) is -7.01. The van der Waals surface area contributed by atoms with Crippen molar-refractivity contribution in [3.05, 3.63) is 0 Å². The molecule has 0 aromatic carbocycles. The fraction of sp³-hybridized carbons (Fsp3) is 0.632. The molecule has 15 heteroatoms. The van der Waals surface area contributed by atoms with E-state index in [-0.39, 0.29) is 25.7 Å². The van der Waals surface area contributed by atoms with Crippen molar-refractivity contribution in [3.63, 3.8) is 0 Å². The second-order valence-corrected chi connectivity index (χ2v) is 7.98. The quantitative estimate of drug-likeness (QED) is 0.105. The third-order valence-corrected chi connectivity index (χ3v) is 4.62. The SMILES string of the molecule is CC(C)C(NC(=O)C(CCC(N)=O)NC(=O)C(N)CCC(N)=O)C(=O)NC(CC(N)=O)C(=O)O. The monoisotopic (exact) mass is 487 g/mol. The normalized spacial score (nSPS) is 14.2. The minimum Gasteiger partial charge on any atom is -0.480 e. The molecule has 192 valence electrons. The zero-order valence-corrected chi connectivity index (χ0v) is 19.0. The molecule has 0 aliphatic heterocycles. The number of hydrogen-bond acceptors (Lipinski definition) is 8. The summed E-state index contributed by atoms with van der Waals surface area (Å²) in [7, 11) is 0. The van der Waals surface area contributed by atoms with Crippen molar-refractivity contribution >= 4 is 41.4 Å². The highest BCUT2D eigenvalue weighted by Crippen LogP contribution is 2.07. The molecule has 4 atom stereocenters. The number of carboxylic acids is 1. The van der Waals surface area contributed by atoms with Gasteiger partial charge in [-0.15, -0.1) is 0 Å². The lowest BCUT2D eigenvalue weighted by Crippen LogP contribution is -2.58. The van der Waals surface area contributed by atoms with Gasteiger partial charge in [-0.1, -0.05) is 13.8 Å². The van der Waals surface area contributed by atoms with Gasteiger partial charge in [0.1, 0.15) is 18.1 Å². The van der Waals surface area contributed by atoms with E-state index < -0.39 is 77.9 Å². The summed E-state index contributed by atoms with van der Waals surface area (Å²) in [6, 6.07) is -5.38. The standard InChI is InChI=1S/C19H33N7O8/c1-8(2)15(18(32)25-11(19(33)34)7-14(23)29)26-17(31)10(4-6-13(22)28)24-16(30)9(20)3-5-12(21)27/h8-11,15H,3-7,20H2,1-2H3,(H2,21,27)(H2,22,28)(H2,23,29)(H,24,30)(H,25,32)(H,26,31)(H,33,34). The molecule has 0 radical (unpaired) electrons. The third kappa shape index (κ3) is 11.8. The highest BCUT2D eigenvalue weighted by atomic mass is 16.4. The predicted molar refractivity (Wildman–Crippen MR) is 117 cm³/mol. The summed E-state index contributed by atoms with van der Waals surface area (Å²) < 4.78 is 0. The fourth-order valence-electron chi connectivity index (χ4n) is 2.71. The Morgan fingerprint density at radius 1 is 0.706 bits per heavy atom. The molecule has 0 heterocycles. The molecule has 12 N–H and O–H groups in total. The van der Waals surface area contributed by atoms with Crippen LogP contribution in [0.2, 0.25) is 0 Å². The lowest BCUT2D eigenvalue weighted by molar-refractivity contribution is -0.144. The fourth-order valence-corrected chi connectivity index (χ4v) is 2.71. The molecule has 0 saturated heterocycles. The van der Waals surface area contributed by atoms with E-state index in [1.54, 1.807) is 13.8 Å². The molecule has 0 rings (SSSR count). The molecule has 6 amide bonds. The molecule has 0 aliphatic rings. The van der Waals surface area contributed by atoms with Crippen LogP contribution in [0.15, 0.2) is 0 Å². The first-order valence-electron chi connectivity index (χ1n) is 10.4. The maximum Gasteiger partial charge on any atom is 0.326 e. The van der Waals surface area contributed by atoms with Crippen LogP contribution in [0.5, 0.6) is 0 Å². The molecule has 0 aliphatic carbocycles. The minimum atomic E-state index is -1.61. The van der Waals surface area contributed by atoms with Gasteiger partial charge < -0.3 is 44.0 Å². The molecule has 0 bridgehead atoms. The number of amides is 6. The van der Waals surface area contributed by atoms with Crippen LogP contribution in [-0.4, -0.2) is 70.7 Å². The van der Waals surface area contributed by atoms with Crippen LogP contribution in [0.4, 0.5) is 0 Å². The summed E-state index contributed by atoms with van der Waals surface area (Å²) >= 11 is 0. The van der Waals surface area contributed by atoms with Crippen LogP contribution in [0, 0.1) is 5.92 Å². The Morgan fingerprint density at radius 2 is 1.21 bits per heavy atom. The van der Waals surface area contributed by atoms with Crippen molar-refractivity contribution in [1.82, 2.24) is 16.0 Å². The highest BCUT2D eigenvalue weighted by Gasteiger charge is 2.32. The van der Waals surface area contributed by atoms with Gasteiger partial charge in [-0.2, -0.15) is 0 Å². The number of nitrogens with two attached hydrogens (primary N) is 4. The van der Waals surface area contributed by atoms with Gasteiger partial charge >= 0.3 is 5.97 Å². The average molecular weight is 488 g/mol. The summed E-state index contributed by atoms with van der Waals surface area (Å²) in [6.07, 6.45) is -1.42. The van der Waals surface area contributed by atoms with E-state index in [1.165, 1.54) is 0 Å². The number of nitrogens with one attached hydrogen (secondary N) is 3. The summed E-state index contributed by atoms with van der Waals surface area (Å²) in [6.45, 7) is 3.12. The van der Waals surface area contributed by atoms with E-state index in [1.807, 2.05) is 0 Å². The first-order chi connectivity index (χ1) is 15.6. The van der Waals surface area contributed by atoms with E-state index in [4.69, 9.17) is 22.9 Å². The average Bonchev–Trinajstić information content (AvgIpc) is 2.71. The van der Waals surface area contributed by atoms with Crippen LogP contribution >= 0.6 is 0 Å². The molecule has 0 spiro atoms. The third-order valence-electron chi connectivity index (χ3n) is 4.62. The number of carboxylic acid groups (broad SMARTS) is 1. The lowest BCUT2D eigenvalue weighted by Gasteiger charge is -2.27. The number of aliphatic carboxylic acids is 1. The molecule has 0 aromatic rings. The van der Waals surface area contributed by atoms with Crippen LogP contribution < -0.4 is 38.9 Å². The Labute approximate surface area is 195 Å². The number of carbonyl (C=O) groups is 7. The summed E-state index contributed by atoms with van der Waals surface area (Å²) in [5, 5.41) is 16.0. The Kier molecular flexibility index (Phi) is 12.8. The van der Waals surface area contributed by atoms with Gasteiger partial charge in [0.05, 0.1) is 12.5 Å². The summed E-state index contributed by atoms with van der Waals surface area (Å²) in [4.78, 5) is 82.2. The number of hydrogen-bond donors (Lipinski definition) is 8. The van der Waals surface area contributed by atoms with Gasteiger partial charge in [0.2, 0.25) is 35.4 Å². The molecule has 0 saturated carbocycles. The molecule has 0 aromatic heterocycles. The Balaban J connectivity index is 5.48.